The summed E-state index contributed by atoms with van der Waals surface area (Å²) in [6, 6.07) is 12.1. The molecule has 2 atom stereocenters. The average molecular weight is 380 g/mol. The van der Waals surface area contributed by atoms with Gasteiger partial charge in [0.15, 0.2) is 0 Å². The molecule has 0 bridgehead atoms. The smallest absolute Gasteiger partial charge is 0.221 e. The van der Waals surface area contributed by atoms with Crippen LogP contribution in [0.4, 0.5) is 0 Å². The molecule has 0 aliphatic carbocycles. The molecule has 3 aromatic rings. The Morgan fingerprint density at radius 2 is 2.00 bits per heavy atom. The predicted octanol–water partition coefficient (Wildman–Crippen LogP) is 4.33. The molecule has 1 aromatic carbocycles. The quantitative estimate of drug-likeness (QED) is 0.665. The van der Waals surface area contributed by atoms with E-state index < -0.39 is 0 Å². The number of rotatable bonds is 7. The average Bonchev–Trinajstić information content (AvgIpc) is 3.11. The number of carbonyl (C=O) groups is 1. The topological polar surface area (TPSA) is 55.6 Å². The molecule has 5 nitrogen and oxygen atoms in total. The van der Waals surface area contributed by atoms with Gasteiger partial charge in [0.05, 0.1) is 12.8 Å². The van der Waals surface area contributed by atoms with Gasteiger partial charge >= 0.3 is 0 Å². The highest BCUT2D eigenvalue weighted by molar-refractivity contribution is 5.78. The monoisotopic (exact) mass is 379 g/mol. The number of methoxy groups -OCH3 is 1. The van der Waals surface area contributed by atoms with Gasteiger partial charge in [0.2, 0.25) is 5.91 Å². The number of fused-ring (bicyclic) bond motifs is 1. The maximum atomic E-state index is 12.8. The summed E-state index contributed by atoms with van der Waals surface area (Å²) in [5.74, 6) is 1.09. The Morgan fingerprint density at radius 3 is 2.71 bits per heavy atom. The van der Waals surface area contributed by atoms with E-state index in [-0.39, 0.29) is 17.9 Å². The number of aromatic nitrogens is 2. The molecule has 0 saturated heterocycles. The van der Waals surface area contributed by atoms with Gasteiger partial charge in [0.25, 0.3) is 0 Å². The first kappa shape index (κ1) is 19.9. The predicted molar refractivity (Wildman–Crippen MR) is 112 cm³/mol. The summed E-state index contributed by atoms with van der Waals surface area (Å²) < 4.78 is 7.49. The largest absolute Gasteiger partial charge is 0.497 e. The molecular weight excluding hydrogens is 350 g/mol. The van der Waals surface area contributed by atoms with Crippen LogP contribution in [0.1, 0.15) is 49.9 Å². The first-order chi connectivity index (χ1) is 13.4. The second kappa shape index (κ2) is 8.46. The molecule has 1 N–H and O–H groups in total. The van der Waals surface area contributed by atoms with Gasteiger partial charge in [0.1, 0.15) is 11.4 Å². The summed E-state index contributed by atoms with van der Waals surface area (Å²) in [4.78, 5) is 17.4. The lowest BCUT2D eigenvalue weighted by molar-refractivity contribution is -0.122. The van der Waals surface area contributed by atoms with E-state index in [1.54, 1.807) is 7.11 Å². The van der Waals surface area contributed by atoms with Crippen LogP contribution in [0.15, 0.2) is 48.8 Å². The standard InChI is InChI=1S/C23H29N3O2/c1-15(2)17(4)25-22(27)13-20(18-9-6-10-19(12-18)28-5)21-14-24-23-16(3)8-7-11-26(21)23/h6-12,14-15,17,20H,13H2,1-5H3,(H,25,27). The summed E-state index contributed by atoms with van der Waals surface area (Å²) >= 11 is 0. The van der Waals surface area contributed by atoms with Gasteiger partial charge in [-0.15, -0.1) is 0 Å². The highest BCUT2D eigenvalue weighted by atomic mass is 16.5. The molecule has 0 fully saturated rings. The highest BCUT2D eigenvalue weighted by Gasteiger charge is 2.23. The minimum absolute atomic E-state index is 0.0385. The van der Waals surface area contributed by atoms with E-state index >= 15 is 0 Å². The molecule has 1 amide bonds. The molecule has 2 heterocycles. The molecule has 0 aliphatic rings. The lowest BCUT2D eigenvalue weighted by atomic mass is 9.91. The molecule has 2 aromatic heterocycles. The zero-order valence-electron chi connectivity index (χ0n) is 17.3. The van der Waals surface area contributed by atoms with Crippen molar-refractivity contribution >= 4 is 11.6 Å². The lowest BCUT2D eigenvalue weighted by Crippen LogP contribution is -2.36. The Labute approximate surface area is 166 Å². The molecule has 3 rings (SSSR count). The third kappa shape index (κ3) is 4.19. The lowest BCUT2D eigenvalue weighted by Gasteiger charge is -2.21. The minimum Gasteiger partial charge on any atom is -0.497 e. The zero-order valence-corrected chi connectivity index (χ0v) is 17.3. The van der Waals surface area contributed by atoms with Crippen molar-refractivity contribution in [2.24, 2.45) is 5.92 Å². The fraction of sp³-hybridized carbons (Fsp3) is 0.391. The summed E-state index contributed by atoms with van der Waals surface area (Å²) in [5.41, 5.74) is 4.06. The molecule has 2 unspecified atom stereocenters. The second-order valence-corrected chi connectivity index (χ2v) is 7.70. The van der Waals surface area contributed by atoms with E-state index in [1.807, 2.05) is 62.6 Å². The fourth-order valence-corrected chi connectivity index (χ4v) is 3.34. The number of nitrogens with one attached hydrogen (secondary N) is 1. The van der Waals surface area contributed by atoms with Crippen LogP contribution >= 0.6 is 0 Å². The molecule has 148 valence electrons. The number of imidazole rings is 1. The summed E-state index contributed by atoms with van der Waals surface area (Å²) in [5, 5.41) is 3.13. The molecule has 0 aliphatic heterocycles. The van der Waals surface area contributed by atoms with E-state index in [2.05, 4.69) is 28.5 Å². The van der Waals surface area contributed by atoms with Crippen molar-refractivity contribution in [2.75, 3.05) is 7.11 Å². The number of ether oxygens (including phenoxy) is 1. The number of hydrogen-bond donors (Lipinski definition) is 1. The maximum Gasteiger partial charge on any atom is 0.221 e. The van der Waals surface area contributed by atoms with E-state index in [0.717, 1.165) is 28.2 Å². The van der Waals surface area contributed by atoms with E-state index in [4.69, 9.17) is 4.74 Å². The number of nitrogens with zero attached hydrogens (tertiary/aromatic N) is 2. The maximum absolute atomic E-state index is 12.8. The van der Waals surface area contributed by atoms with Crippen molar-refractivity contribution in [2.45, 2.75) is 46.1 Å². The molecule has 0 spiro atoms. The Kier molecular flexibility index (Phi) is 6.02. The Hall–Kier alpha value is -2.82. The van der Waals surface area contributed by atoms with Crippen molar-refractivity contribution in [3.63, 3.8) is 0 Å². The van der Waals surface area contributed by atoms with Crippen molar-refractivity contribution in [3.05, 3.63) is 65.6 Å². The van der Waals surface area contributed by atoms with Crippen LogP contribution in [0.25, 0.3) is 5.65 Å². The van der Waals surface area contributed by atoms with Crippen LogP contribution in [-0.2, 0) is 4.79 Å². The Bertz CT molecular complexity index is 961. The van der Waals surface area contributed by atoms with Crippen LogP contribution in [0.5, 0.6) is 5.75 Å². The highest BCUT2D eigenvalue weighted by Crippen LogP contribution is 2.31. The van der Waals surface area contributed by atoms with Crippen LogP contribution in [0.3, 0.4) is 0 Å². The molecule has 0 radical (unpaired) electrons. The molecule has 0 saturated carbocycles. The summed E-state index contributed by atoms with van der Waals surface area (Å²) in [6.07, 6.45) is 4.24. The van der Waals surface area contributed by atoms with Gasteiger partial charge in [-0.05, 0) is 49.1 Å². The van der Waals surface area contributed by atoms with Crippen LogP contribution in [0, 0.1) is 12.8 Å². The van der Waals surface area contributed by atoms with Gasteiger partial charge < -0.3 is 14.5 Å². The van der Waals surface area contributed by atoms with E-state index in [0.29, 0.717) is 12.3 Å². The van der Waals surface area contributed by atoms with Crippen molar-refractivity contribution < 1.29 is 9.53 Å². The Morgan fingerprint density at radius 1 is 1.21 bits per heavy atom. The third-order valence-electron chi connectivity index (χ3n) is 5.39. The normalized spacial score (nSPS) is 13.5. The first-order valence-corrected chi connectivity index (χ1v) is 9.76. The number of carbonyl (C=O) groups excluding carboxylic acids is 1. The Balaban J connectivity index is 2.01. The summed E-state index contributed by atoms with van der Waals surface area (Å²) in [6.45, 7) is 8.31. The molecule has 5 heteroatoms. The molecular formula is C23H29N3O2. The number of pyridine rings is 1. The number of hydrogen-bond acceptors (Lipinski definition) is 3. The van der Waals surface area contributed by atoms with E-state index in [1.165, 1.54) is 0 Å². The van der Waals surface area contributed by atoms with Gasteiger partial charge in [-0.25, -0.2) is 4.98 Å². The summed E-state index contributed by atoms with van der Waals surface area (Å²) in [7, 11) is 1.66. The third-order valence-corrected chi connectivity index (χ3v) is 5.39. The van der Waals surface area contributed by atoms with Gasteiger partial charge in [-0.1, -0.05) is 32.0 Å². The number of amides is 1. The fourth-order valence-electron chi connectivity index (χ4n) is 3.34. The van der Waals surface area contributed by atoms with Gasteiger partial charge in [-0.2, -0.15) is 0 Å². The minimum atomic E-state index is -0.119. The first-order valence-electron chi connectivity index (χ1n) is 9.76. The number of benzene rings is 1. The zero-order chi connectivity index (χ0) is 20.3. The van der Waals surface area contributed by atoms with Crippen LogP contribution in [-0.4, -0.2) is 28.4 Å². The van der Waals surface area contributed by atoms with Crippen molar-refractivity contribution in [3.8, 4) is 5.75 Å². The number of aryl methyl sites for hydroxylation is 1. The van der Waals surface area contributed by atoms with Crippen molar-refractivity contribution in [1.82, 2.24) is 14.7 Å². The SMILES string of the molecule is COc1cccc(C(CC(=O)NC(C)C(C)C)c2cnc3c(C)cccn23)c1. The van der Waals surface area contributed by atoms with Gasteiger partial charge in [-0.3, -0.25) is 4.79 Å². The van der Waals surface area contributed by atoms with Gasteiger partial charge in [0, 0.05) is 30.8 Å². The van der Waals surface area contributed by atoms with Crippen LogP contribution in [0.2, 0.25) is 0 Å². The van der Waals surface area contributed by atoms with E-state index in [9.17, 15) is 4.79 Å². The van der Waals surface area contributed by atoms with Crippen LogP contribution < -0.4 is 10.1 Å². The van der Waals surface area contributed by atoms with Crippen molar-refractivity contribution in [1.29, 1.82) is 0 Å². The molecule has 28 heavy (non-hydrogen) atoms. The second-order valence-electron chi connectivity index (χ2n) is 7.70.